The third-order valence-corrected chi connectivity index (χ3v) is 7.39. The molecule has 0 spiro atoms. The van der Waals surface area contributed by atoms with Crippen molar-refractivity contribution < 1.29 is 28.2 Å². The van der Waals surface area contributed by atoms with Gasteiger partial charge in [0.05, 0.1) is 5.56 Å². The van der Waals surface area contributed by atoms with Crippen molar-refractivity contribution in [3.05, 3.63) is 76.6 Å². The van der Waals surface area contributed by atoms with E-state index in [1.165, 1.54) is 12.1 Å². The Kier molecular flexibility index (Phi) is 7.35. The molecule has 2 aliphatic rings. The van der Waals surface area contributed by atoms with Crippen LogP contribution >= 0.6 is 0 Å². The lowest BCUT2D eigenvalue weighted by molar-refractivity contribution is -0.137. The number of carbonyl (C=O) groups is 1. The molecule has 1 aliphatic carbocycles. The summed E-state index contributed by atoms with van der Waals surface area (Å²) in [5.74, 6) is -0.670. The van der Waals surface area contributed by atoms with E-state index in [1.807, 2.05) is 36.1 Å². The summed E-state index contributed by atoms with van der Waals surface area (Å²) < 4.78 is 39.5. The Morgan fingerprint density at radius 1 is 1.10 bits per heavy atom. The molecule has 8 nitrogen and oxygen atoms in total. The SMILES string of the molecule is Cc1cccc(C2Nc3nc(C(=O)O)nc(NC4CCC(CO)CC4)c3N2Cc2ccc(C(F)(F)F)cc2)c1. The Balaban J connectivity index is 1.54. The molecule has 11 heteroatoms. The van der Waals surface area contributed by atoms with Crippen LogP contribution in [0.3, 0.4) is 0 Å². The van der Waals surface area contributed by atoms with Crippen LogP contribution in [0.25, 0.3) is 0 Å². The third kappa shape index (κ3) is 5.78. The fourth-order valence-electron chi connectivity index (χ4n) is 5.31. The standard InChI is InChI=1S/C28H30F3N5O3/c1-16-3-2-4-19(13-16)26-35-24-22(36(26)14-17-5-9-20(10-6-17)28(29,30)31)23(33-25(34-24)27(38)39)32-21-11-7-18(15-37)8-12-21/h2-6,9-10,13,18,21,26,37H,7-8,11-12,14-15H2,1H3,(H,38,39)(H2,32,33,34,35). The zero-order valence-corrected chi connectivity index (χ0v) is 21.4. The zero-order valence-electron chi connectivity index (χ0n) is 21.4. The van der Waals surface area contributed by atoms with Crippen molar-refractivity contribution in [3.8, 4) is 0 Å². The lowest BCUT2D eigenvalue weighted by Gasteiger charge is -2.31. The van der Waals surface area contributed by atoms with Crippen molar-refractivity contribution in [2.45, 2.75) is 57.5 Å². The number of alkyl halides is 3. The number of aromatic nitrogens is 2. The van der Waals surface area contributed by atoms with E-state index in [2.05, 4.69) is 20.6 Å². The second-order valence-electron chi connectivity index (χ2n) is 10.2. The summed E-state index contributed by atoms with van der Waals surface area (Å²) >= 11 is 0. The summed E-state index contributed by atoms with van der Waals surface area (Å²) in [5, 5.41) is 26.0. The quantitative estimate of drug-likeness (QED) is 0.306. The number of aliphatic hydroxyl groups excluding tert-OH is 1. The van der Waals surface area contributed by atoms with E-state index >= 15 is 0 Å². The van der Waals surface area contributed by atoms with Crippen molar-refractivity contribution in [1.29, 1.82) is 0 Å². The number of nitrogens with one attached hydrogen (secondary N) is 2. The maximum atomic E-state index is 13.2. The number of benzene rings is 2. The van der Waals surface area contributed by atoms with Gasteiger partial charge in [0.2, 0.25) is 5.82 Å². The monoisotopic (exact) mass is 541 g/mol. The minimum Gasteiger partial charge on any atom is -0.475 e. The molecule has 0 radical (unpaired) electrons. The molecule has 2 aromatic carbocycles. The number of aromatic carboxylic acids is 1. The molecule has 1 saturated carbocycles. The highest BCUT2D eigenvalue weighted by molar-refractivity contribution is 5.90. The predicted molar refractivity (Wildman–Crippen MR) is 141 cm³/mol. The molecule has 4 N–H and O–H groups in total. The van der Waals surface area contributed by atoms with Crippen molar-refractivity contribution >= 4 is 23.3 Å². The number of anilines is 3. The van der Waals surface area contributed by atoms with Crippen LogP contribution < -0.4 is 15.5 Å². The zero-order chi connectivity index (χ0) is 27.7. The smallest absolute Gasteiger partial charge is 0.416 e. The van der Waals surface area contributed by atoms with Crippen molar-refractivity contribution in [3.63, 3.8) is 0 Å². The van der Waals surface area contributed by atoms with Crippen LogP contribution in [0.2, 0.25) is 0 Å². The van der Waals surface area contributed by atoms with Crippen molar-refractivity contribution in [2.75, 3.05) is 22.1 Å². The highest BCUT2D eigenvalue weighted by Crippen LogP contribution is 2.46. The fourth-order valence-corrected chi connectivity index (χ4v) is 5.31. The summed E-state index contributed by atoms with van der Waals surface area (Å²) in [7, 11) is 0. The molecule has 1 aliphatic heterocycles. The minimum atomic E-state index is -4.43. The van der Waals surface area contributed by atoms with E-state index in [1.54, 1.807) is 0 Å². The topological polar surface area (TPSA) is 111 Å². The predicted octanol–water partition coefficient (Wildman–Crippen LogP) is 5.60. The van der Waals surface area contributed by atoms with Gasteiger partial charge in [-0.15, -0.1) is 0 Å². The number of halogens is 3. The molecule has 3 aromatic rings. The molecule has 1 aromatic heterocycles. The number of carboxylic acids is 1. The number of nitrogens with zero attached hydrogens (tertiary/aromatic N) is 3. The Bertz CT molecular complexity index is 1340. The van der Waals surface area contributed by atoms with Gasteiger partial charge in [-0.25, -0.2) is 14.8 Å². The minimum absolute atomic E-state index is 0.0272. The second kappa shape index (κ2) is 10.7. The molecule has 1 atom stereocenters. The van der Waals surface area contributed by atoms with Crippen LogP contribution in [-0.2, 0) is 12.7 Å². The van der Waals surface area contributed by atoms with Crippen LogP contribution in [0.5, 0.6) is 0 Å². The highest BCUT2D eigenvalue weighted by Gasteiger charge is 2.37. The number of carboxylic acid groups (broad SMARTS) is 1. The van der Waals surface area contributed by atoms with Crippen molar-refractivity contribution in [1.82, 2.24) is 9.97 Å². The molecule has 1 unspecified atom stereocenters. The van der Waals surface area contributed by atoms with Crippen LogP contribution in [0.15, 0.2) is 48.5 Å². The van der Waals surface area contributed by atoms with Gasteiger partial charge in [0.25, 0.3) is 0 Å². The normalized spacial score (nSPS) is 20.8. The first kappa shape index (κ1) is 26.7. The summed E-state index contributed by atoms with van der Waals surface area (Å²) in [5.41, 5.74) is 2.40. The van der Waals surface area contributed by atoms with Gasteiger partial charge in [-0.05, 0) is 61.8 Å². The first-order valence-corrected chi connectivity index (χ1v) is 12.9. The van der Waals surface area contributed by atoms with Gasteiger partial charge in [0, 0.05) is 19.2 Å². The summed E-state index contributed by atoms with van der Waals surface area (Å²) in [6.07, 6.45) is -1.62. The van der Waals surface area contributed by atoms with Gasteiger partial charge in [-0.3, -0.25) is 0 Å². The van der Waals surface area contributed by atoms with Crippen LogP contribution in [-0.4, -0.2) is 38.8 Å². The van der Waals surface area contributed by atoms with Crippen molar-refractivity contribution in [2.24, 2.45) is 5.92 Å². The van der Waals surface area contributed by atoms with E-state index in [4.69, 9.17) is 0 Å². The van der Waals surface area contributed by atoms with E-state index in [0.717, 1.165) is 48.9 Å². The summed E-state index contributed by atoms with van der Waals surface area (Å²) in [4.78, 5) is 22.5. The highest BCUT2D eigenvalue weighted by atomic mass is 19.4. The number of aryl methyl sites for hydroxylation is 1. The molecule has 2 heterocycles. The molecular weight excluding hydrogens is 511 g/mol. The summed E-state index contributed by atoms with van der Waals surface area (Å²) in [6.45, 7) is 2.34. The van der Waals surface area contributed by atoms with Crippen LogP contribution in [0.4, 0.5) is 30.5 Å². The number of fused-ring (bicyclic) bond motifs is 1. The van der Waals surface area contributed by atoms with E-state index in [-0.39, 0.29) is 30.9 Å². The number of aliphatic hydroxyl groups is 1. The number of hydrogen-bond donors (Lipinski definition) is 4. The molecule has 39 heavy (non-hydrogen) atoms. The molecular formula is C28H30F3N5O3. The van der Waals surface area contributed by atoms with Gasteiger partial charge in [0.15, 0.2) is 11.6 Å². The third-order valence-electron chi connectivity index (χ3n) is 7.39. The van der Waals surface area contributed by atoms with E-state index in [0.29, 0.717) is 22.9 Å². The van der Waals surface area contributed by atoms with E-state index in [9.17, 15) is 28.2 Å². The van der Waals surface area contributed by atoms with Crippen LogP contribution in [0.1, 0.15) is 64.7 Å². The largest absolute Gasteiger partial charge is 0.475 e. The first-order valence-electron chi connectivity index (χ1n) is 12.9. The molecule has 0 amide bonds. The molecule has 0 saturated heterocycles. The average molecular weight is 542 g/mol. The average Bonchev–Trinajstić information content (AvgIpc) is 3.27. The number of hydrogen-bond acceptors (Lipinski definition) is 7. The Morgan fingerprint density at radius 2 is 1.82 bits per heavy atom. The Hall–Kier alpha value is -3.86. The lowest BCUT2D eigenvalue weighted by Crippen LogP contribution is -2.31. The molecule has 1 fully saturated rings. The molecule has 0 bridgehead atoms. The van der Waals surface area contributed by atoms with Gasteiger partial charge in [0.1, 0.15) is 11.9 Å². The van der Waals surface area contributed by atoms with Gasteiger partial charge in [-0.2, -0.15) is 13.2 Å². The Morgan fingerprint density at radius 3 is 2.44 bits per heavy atom. The molecule has 206 valence electrons. The van der Waals surface area contributed by atoms with Gasteiger partial charge in [-0.1, -0.05) is 42.0 Å². The van der Waals surface area contributed by atoms with E-state index < -0.39 is 23.9 Å². The summed E-state index contributed by atoms with van der Waals surface area (Å²) in [6, 6.07) is 12.9. The van der Waals surface area contributed by atoms with Gasteiger partial charge < -0.3 is 25.7 Å². The van der Waals surface area contributed by atoms with Gasteiger partial charge >= 0.3 is 12.1 Å². The number of rotatable bonds is 7. The Labute approximate surface area is 223 Å². The molecule has 5 rings (SSSR count). The maximum Gasteiger partial charge on any atom is 0.416 e. The second-order valence-corrected chi connectivity index (χ2v) is 10.2. The van der Waals surface area contributed by atoms with Crippen LogP contribution in [0, 0.1) is 12.8 Å². The maximum absolute atomic E-state index is 13.2. The fraction of sp³-hybridized carbons (Fsp3) is 0.393. The first-order chi connectivity index (χ1) is 18.6. The lowest BCUT2D eigenvalue weighted by atomic mass is 9.86.